The normalized spacial score (nSPS) is 21.8. The van der Waals surface area contributed by atoms with Crippen LogP contribution in [0.15, 0.2) is 24.3 Å². The van der Waals surface area contributed by atoms with E-state index < -0.39 is 0 Å². The molecule has 25 heavy (non-hydrogen) atoms. The molecule has 2 aliphatic heterocycles. The van der Waals surface area contributed by atoms with Gasteiger partial charge in [0.1, 0.15) is 17.2 Å². The summed E-state index contributed by atoms with van der Waals surface area (Å²) in [5, 5.41) is 0. The van der Waals surface area contributed by atoms with Crippen molar-refractivity contribution in [3.05, 3.63) is 30.1 Å². The number of ether oxygens (including phenoxy) is 3. The van der Waals surface area contributed by atoms with E-state index in [1.54, 1.807) is 4.90 Å². The first-order valence-electron chi connectivity index (χ1n) is 8.98. The molecule has 0 aromatic heterocycles. The van der Waals surface area contributed by atoms with E-state index in [9.17, 15) is 9.18 Å². The predicted octanol–water partition coefficient (Wildman–Crippen LogP) is 2.64. The minimum absolute atomic E-state index is 0.0323. The largest absolute Gasteiger partial charge is 0.484 e. The summed E-state index contributed by atoms with van der Waals surface area (Å²) < 4.78 is 29.7. The number of carbonyl (C=O) groups excluding carboxylic acids is 1. The third-order valence-corrected chi connectivity index (χ3v) is 4.96. The SMILES string of the molecule is CCOCC[C@@H]1CCOC2(C1)CN(C(=O)COc1ccc(F)cc1)C2. The van der Waals surface area contributed by atoms with Gasteiger partial charge in [0.25, 0.3) is 5.91 Å². The summed E-state index contributed by atoms with van der Waals surface area (Å²) in [6.45, 7) is 5.54. The van der Waals surface area contributed by atoms with Crippen LogP contribution in [0.5, 0.6) is 5.75 Å². The van der Waals surface area contributed by atoms with Crippen LogP contribution in [-0.4, -0.2) is 55.9 Å². The number of hydrogen-bond acceptors (Lipinski definition) is 4. The molecule has 0 N–H and O–H groups in total. The van der Waals surface area contributed by atoms with Crippen LogP contribution in [0.4, 0.5) is 4.39 Å². The number of halogens is 1. The van der Waals surface area contributed by atoms with Crippen LogP contribution >= 0.6 is 0 Å². The summed E-state index contributed by atoms with van der Waals surface area (Å²) in [6, 6.07) is 5.67. The van der Waals surface area contributed by atoms with Crippen molar-refractivity contribution in [1.82, 2.24) is 4.90 Å². The molecule has 0 saturated carbocycles. The first-order valence-corrected chi connectivity index (χ1v) is 8.98. The van der Waals surface area contributed by atoms with Gasteiger partial charge in [0.2, 0.25) is 0 Å². The number of nitrogens with zero attached hydrogens (tertiary/aromatic N) is 1. The van der Waals surface area contributed by atoms with Crippen molar-refractivity contribution in [1.29, 1.82) is 0 Å². The van der Waals surface area contributed by atoms with E-state index in [-0.39, 0.29) is 23.9 Å². The van der Waals surface area contributed by atoms with Crippen molar-refractivity contribution in [2.45, 2.75) is 31.8 Å². The Labute approximate surface area is 148 Å². The van der Waals surface area contributed by atoms with Gasteiger partial charge in [0.15, 0.2) is 6.61 Å². The monoisotopic (exact) mass is 351 g/mol. The standard InChI is InChI=1S/C19H26FNO4/c1-2-23-9-7-15-8-10-25-19(11-15)13-21(14-19)18(22)12-24-17-5-3-16(20)4-6-17/h3-6,15H,2,7-14H2,1H3/t15-/m1/s1. The van der Waals surface area contributed by atoms with E-state index in [1.807, 2.05) is 6.92 Å². The Balaban J connectivity index is 1.41. The Kier molecular flexibility index (Phi) is 5.91. The lowest BCUT2D eigenvalue weighted by molar-refractivity contribution is -0.190. The van der Waals surface area contributed by atoms with Gasteiger partial charge in [-0.2, -0.15) is 0 Å². The zero-order chi connectivity index (χ0) is 17.7. The van der Waals surface area contributed by atoms with Crippen molar-refractivity contribution in [2.24, 2.45) is 5.92 Å². The Hall–Kier alpha value is -1.66. The van der Waals surface area contributed by atoms with Crippen LogP contribution in [0, 0.1) is 11.7 Å². The Morgan fingerprint density at radius 2 is 2.12 bits per heavy atom. The molecule has 2 saturated heterocycles. The van der Waals surface area contributed by atoms with Crippen LogP contribution in [0.1, 0.15) is 26.2 Å². The lowest BCUT2D eigenvalue weighted by Crippen LogP contribution is -2.67. The Bertz CT molecular complexity index is 571. The molecule has 0 unspecified atom stereocenters. The first-order chi connectivity index (χ1) is 12.1. The number of rotatable bonds is 7. The van der Waals surface area contributed by atoms with Crippen molar-refractivity contribution in [3.8, 4) is 5.75 Å². The zero-order valence-corrected chi connectivity index (χ0v) is 14.7. The average molecular weight is 351 g/mol. The molecule has 0 radical (unpaired) electrons. The molecule has 1 atom stereocenters. The average Bonchev–Trinajstić information content (AvgIpc) is 2.59. The zero-order valence-electron chi connectivity index (χ0n) is 14.7. The molecule has 1 aromatic rings. The summed E-state index contributed by atoms with van der Waals surface area (Å²) >= 11 is 0. The molecule has 6 heteroatoms. The molecule has 2 fully saturated rings. The molecule has 0 aliphatic carbocycles. The van der Waals surface area contributed by atoms with Crippen LogP contribution in [0.2, 0.25) is 0 Å². The van der Waals surface area contributed by atoms with Crippen molar-refractivity contribution in [2.75, 3.05) is 39.5 Å². The summed E-state index contributed by atoms with van der Waals surface area (Å²) in [5.74, 6) is 0.717. The summed E-state index contributed by atoms with van der Waals surface area (Å²) in [6.07, 6.45) is 3.11. The van der Waals surface area contributed by atoms with Gasteiger partial charge in [-0.3, -0.25) is 4.79 Å². The minimum atomic E-state index is -0.323. The highest BCUT2D eigenvalue weighted by molar-refractivity contribution is 5.79. The molecule has 0 bridgehead atoms. The van der Waals surface area contributed by atoms with Gasteiger partial charge in [-0.25, -0.2) is 4.39 Å². The fourth-order valence-corrected chi connectivity index (χ4v) is 3.58. The minimum Gasteiger partial charge on any atom is -0.484 e. The number of benzene rings is 1. The van der Waals surface area contributed by atoms with Gasteiger partial charge in [0.05, 0.1) is 13.1 Å². The van der Waals surface area contributed by atoms with Crippen molar-refractivity contribution >= 4 is 5.91 Å². The molecule has 1 aromatic carbocycles. The van der Waals surface area contributed by atoms with Gasteiger partial charge < -0.3 is 19.1 Å². The second-order valence-corrected chi connectivity index (χ2v) is 6.87. The summed E-state index contributed by atoms with van der Waals surface area (Å²) in [4.78, 5) is 14.0. The molecule has 2 aliphatic rings. The molecule has 2 heterocycles. The molecule has 5 nitrogen and oxygen atoms in total. The molecule has 3 rings (SSSR count). The van der Waals surface area contributed by atoms with E-state index in [2.05, 4.69) is 0 Å². The fraction of sp³-hybridized carbons (Fsp3) is 0.632. The van der Waals surface area contributed by atoms with E-state index >= 15 is 0 Å². The lowest BCUT2D eigenvalue weighted by Gasteiger charge is -2.53. The van der Waals surface area contributed by atoms with Crippen LogP contribution in [0.3, 0.4) is 0 Å². The van der Waals surface area contributed by atoms with E-state index in [0.717, 1.165) is 39.1 Å². The summed E-state index contributed by atoms with van der Waals surface area (Å²) in [7, 11) is 0. The smallest absolute Gasteiger partial charge is 0.260 e. The maximum absolute atomic E-state index is 12.9. The predicted molar refractivity (Wildman–Crippen MR) is 91.0 cm³/mol. The van der Waals surface area contributed by atoms with Crippen molar-refractivity contribution in [3.63, 3.8) is 0 Å². The lowest BCUT2D eigenvalue weighted by atomic mass is 9.79. The Morgan fingerprint density at radius 1 is 1.36 bits per heavy atom. The number of amides is 1. The van der Waals surface area contributed by atoms with Crippen molar-refractivity contribution < 1.29 is 23.4 Å². The van der Waals surface area contributed by atoms with Crippen LogP contribution in [0.25, 0.3) is 0 Å². The molecule has 1 amide bonds. The van der Waals surface area contributed by atoms with E-state index in [4.69, 9.17) is 14.2 Å². The third kappa shape index (κ3) is 4.70. The Morgan fingerprint density at radius 3 is 2.84 bits per heavy atom. The van der Waals surface area contributed by atoms with Crippen LogP contribution < -0.4 is 4.74 Å². The quantitative estimate of drug-likeness (QED) is 0.709. The second-order valence-electron chi connectivity index (χ2n) is 6.87. The van der Waals surface area contributed by atoms with Gasteiger partial charge in [-0.15, -0.1) is 0 Å². The number of hydrogen-bond donors (Lipinski definition) is 0. The van der Waals surface area contributed by atoms with E-state index in [0.29, 0.717) is 24.8 Å². The molecular formula is C19H26FNO4. The molecular weight excluding hydrogens is 325 g/mol. The maximum Gasteiger partial charge on any atom is 0.260 e. The summed E-state index contributed by atoms with van der Waals surface area (Å²) in [5.41, 5.74) is -0.180. The fourth-order valence-electron chi connectivity index (χ4n) is 3.58. The van der Waals surface area contributed by atoms with Gasteiger partial charge in [0, 0.05) is 19.8 Å². The third-order valence-electron chi connectivity index (χ3n) is 4.96. The maximum atomic E-state index is 12.9. The van der Waals surface area contributed by atoms with Gasteiger partial charge in [-0.05, 0) is 56.4 Å². The van der Waals surface area contributed by atoms with Gasteiger partial charge >= 0.3 is 0 Å². The first kappa shape index (κ1) is 18.1. The number of carbonyl (C=O) groups is 1. The highest BCUT2D eigenvalue weighted by atomic mass is 19.1. The molecule has 1 spiro atoms. The van der Waals surface area contributed by atoms with Crippen LogP contribution in [-0.2, 0) is 14.3 Å². The number of likely N-dealkylation sites (tertiary alicyclic amines) is 1. The van der Waals surface area contributed by atoms with E-state index in [1.165, 1.54) is 24.3 Å². The second kappa shape index (κ2) is 8.15. The highest BCUT2D eigenvalue weighted by Crippen LogP contribution is 2.38. The topological polar surface area (TPSA) is 48.0 Å². The van der Waals surface area contributed by atoms with Gasteiger partial charge in [-0.1, -0.05) is 0 Å². The molecule has 138 valence electrons. The highest BCUT2D eigenvalue weighted by Gasteiger charge is 2.49.